The van der Waals surface area contributed by atoms with E-state index in [1.165, 1.54) is 48.7 Å². The summed E-state index contributed by atoms with van der Waals surface area (Å²) in [5.74, 6) is -1.96. The van der Waals surface area contributed by atoms with Crippen molar-refractivity contribution >= 4 is 50.4 Å². The van der Waals surface area contributed by atoms with Crippen LogP contribution in [0.4, 0.5) is 24.7 Å². The van der Waals surface area contributed by atoms with E-state index < -0.39 is 12.1 Å². The van der Waals surface area contributed by atoms with E-state index in [2.05, 4.69) is 37.1 Å². The number of hydrogen-bond acceptors (Lipinski definition) is 8. The van der Waals surface area contributed by atoms with Crippen molar-refractivity contribution in [2.45, 2.75) is 32.0 Å². The molecule has 0 amide bonds. The van der Waals surface area contributed by atoms with Gasteiger partial charge in [-0.15, -0.1) is 22.7 Å². The summed E-state index contributed by atoms with van der Waals surface area (Å²) in [6.07, 6.45) is 0.206. The number of esters is 1. The number of carbonyl (C=O) groups is 1. The Bertz CT molecular complexity index is 1350. The van der Waals surface area contributed by atoms with Crippen molar-refractivity contribution in [3.63, 3.8) is 0 Å². The largest absolute Gasteiger partial charge is 0.491 e. The maximum Gasteiger partial charge on any atom is 0.491 e. The van der Waals surface area contributed by atoms with Crippen LogP contribution < -0.4 is 10.1 Å². The number of anilines is 2. The molecule has 4 heterocycles. The number of fused-ring (bicyclic) bond motifs is 1. The van der Waals surface area contributed by atoms with Crippen LogP contribution >= 0.6 is 22.7 Å². The van der Waals surface area contributed by atoms with Crippen LogP contribution in [-0.2, 0) is 11.3 Å². The minimum Gasteiger partial charge on any atom is -0.420 e. The standard InChI is InChI=1S/C24H21F3N4O2S2/c25-24(26,27)23(32)33-16-6-4-5-15(11-16)30-22-21-18(28-14-29-22)12-20(35-21)19-8-7-17(34-19)13-31-9-2-1-3-10-31/h4-8,11-12,14H,1-3,9-10,13H2,(H,28,29,30). The summed E-state index contributed by atoms with van der Waals surface area (Å²) < 4.78 is 42.8. The number of likely N-dealkylation sites (tertiary alicyclic amines) is 1. The molecule has 0 aliphatic carbocycles. The van der Waals surface area contributed by atoms with Crippen LogP contribution in [0.5, 0.6) is 5.75 Å². The van der Waals surface area contributed by atoms with Crippen LogP contribution in [0.2, 0.25) is 0 Å². The van der Waals surface area contributed by atoms with Gasteiger partial charge in [0.2, 0.25) is 0 Å². The zero-order valence-electron chi connectivity index (χ0n) is 18.5. The smallest absolute Gasteiger partial charge is 0.420 e. The number of nitrogens with one attached hydrogen (secondary N) is 1. The Morgan fingerprint density at radius 3 is 2.66 bits per heavy atom. The normalized spacial score (nSPS) is 14.8. The fourth-order valence-electron chi connectivity index (χ4n) is 3.94. The van der Waals surface area contributed by atoms with Crippen molar-refractivity contribution in [1.82, 2.24) is 14.9 Å². The topological polar surface area (TPSA) is 67.3 Å². The van der Waals surface area contributed by atoms with Crippen LogP contribution in [0.3, 0.4) is 0 Å². The molecule has 0 spiro atoms. The minimum absolute atomic E-state index is 0.214. The monoisotopic (exact) mass is 518 g/mol. The minimum atomic E-state index is -5.06. The first-order valence-electron chi connectivity index (χ1n) is 11.1. The Hall–Kier alpha value is -3.02. The molecule has 1 saturated heterocycles. The Kier molecular flexibility index (Phi) is 6.72. The predicted molar refractivity (Wildman–Crippen MR) is 131 cm³/mol. The number of thiophene rings is 2. The predicted octanol–water partition coefficient (Wildman–Crippen LogP) is 6.62. The quantitative estimate of drug-likeness (QED) is 0.229. The molecule has 0 bridgehead atoms. The Balaban J connectivity index is 1.34. The second kappa shape index (κ2) is 9.92. The van der Waals surface area contributed by atoms with Crippen LogP contribution in [0.25, 0.3) is 20.0 Å². The number of alkyl halides is 3. The van der Waals surface area contributed by atoms with Crippen molar-refractivity contribution in [1.29, 1.82) is 0 Å². The van der Waals surface area contributed by atoms with E-state index in [0.29, 0.717) is 11.5 Å². The fraction of sp³-hybridized carbons (Fsp3) is 0.292. The number of benzene rings is 1. The second-order valence-electron chi connectivity index (χ2n) is 8.19. The van der Waals surface area contributed by atoms with Crippen molar-refractivity contribution in [2.75, 3.05) is 18.4 Å². The first-order valence-corrected chi connectivity index (χ1v) is 12.7. The highest BCUT2D eigenvalue weighted by molar-refractivity contribution is 7.26. The van der Waals surface area contributed by atoms with E-state index in [-0.39, 0.29) is 5.75 Å². The molecule has 1 aliphatic heterocycles. The van der Waals surface area contributed by atoms with Crippen molar-refractivity contribution < 1.29 is 22.7 Å². The summed E-state index contributed by atoms with van der Waals surface area (Å²) in [6.45, 7) is 3.27. The molecule has 4 aromatic rings. The van der Waals surface area contributed by atoms with E-state index >= 15 is 0 Å². The summed E-state index contributed by atoms with van der Waals surface area (Å²) in [7, 11) is 0. The highest BCUT2D eigenvalue weighted by Gasteiger charge is 2.41. The number of piperidine rings is 1. The van der Waals surface area contributed by atoms with E-state index in [9.17, 15) is 18.0 Å². The third-order valence-electron chi connectivity index (χ3n) is 5.58. The van der Waals surface area contributed by atoms with Gasteiger partial charge >= 0.3 is 12.1 Å². The average Bonchev–Trinajstić information content (AvgIpc) is 3.47. The number of aromatic nitrogens is 2. The first kappa shape index (κ1) is 23.7. The lowest BCUT2D eigenvalue weighted by atomic mass is 10.1. The third-order valence-corrected chi connectivity index (χ3v) is 7.98. The SMILES string of the molecule is O=C(Oc1cccc(Nc2ncnc3cc(-c4ccc(CN5CCCCC5)s4)sc23)c1)C(F)(F)F. The number of ether oxygens (including phenoxy) is 1. The molecule has 0 radical (unpaired) electrons. The average molecular weight is 519 g/mol. The number of carbonyl (C=O) groups excluding carboxylic acids is 1. The maximum absolute atomic E-state index is 12.5. The summed E-state index contributed by atoms with van der Waals surface area (Å²) in [5.41, 5.74) is 1.21. The fourth-order valence-corrected chi connectivity index (χ4v) is 6.12. The van der Waals surface area contributed by atoms with Gasteiger partial charge in [0, 0.05) is 32.9 Å². The van der Waals surface area contributed by atoms with Crippen molar-refractivity contribution in [2.24, 2.45) is 0 Å². The van der Waals surface area contributed by atoms with Gasteiger partial charge in [-0.1, -0.05) is 12.5 Å². The van der Waals surface area contributed by atoms with E-state index in [0.717, 1.165) is 39.6 Å². The highest BCUT2D eigenvalue weighted by Crippen LogP contribution is 2.39. The van der Waals surface area contributed by atoms with Gasteiger partial charge in [0.25, 0.3) is 0 Å². The highest BCUT2D eigenvalue weighted by atomic mass is 32.1. The number of hydrogen-bond donors (Lipinski definition) is 1. The Morgan fingerprint density at radius 1 is 1.03 bits per heavy atom. The number of halogens is 3. The van der Waals surface area contributed by atoms with Crippen molar-refractivity contribution in [3.05, 3.63) is 53.7 Å². The lowest BCUT2D eigenvalue weighted by molar-refractivity contribution is -0.189. The molecule has 6 nitrogen and oxygen atoms in total. The van der Waals surface area contributed by atoms with Gasteiger partial charge in [-0.2, -0.15) is 13.2 Å². The molecular formula is C24H21F3N4O2S2. The van der Waals surface area contributed by atoms with Crippen LogP contribution in [0.15, 0.2) is 48.8 Å². The van der Waals surface area contributed by atoms with Gasteiger partial charge in [-0.05, 0) is 56.3 Å². The molecule has 0 saturated carbocycles. The third kappa shape index (κ3) is 5.63. The zero-order valence-corrected chi connectivity index (χ0v) is 20.1. The van der Waals surface area contributed by atoms with Gasteiger partial charge in [0.1, 0.15) is 12.1 Å². The Labute approximate surface area is 207 Å². The van der Waals surface area contributed by atoms with Gasteiger partial charge in [0.15, 0.2) is 5.82 Å². The van der Waals surface area contributed by atoms with E-state index in [1.807, 2.05) is 6.07 Å². The molecule has 3 aromatic heterocycles. The lowest BCUT2D eigenvalue weighted by Gasteiger charge is -2.25. The zero-order chi connectivity index (χ0) is 24.4. The first-order chi connectivity index (χ1) is 16.8. The molecule has 0 unspecified atom stereocenters. The molecule has 35 heavy (non-hydrogen) atoms. The van der Waals surface area contributed by atoms with Gasteiger partial charge in [-0.25, -0.2) is 14.8 Å². The molecule has 1 aromatic carbocycles. The molecule has 182 valence electrons. The second-order valence-corrected chi connectivity index (χ2v) is 10.4. The maximum atomic E-state index is 12.5. The van der Waals surface area contributed by atoms with Crippen LogP contribution in [0, 0.1) is 0 Å². The van der Waals surface area contributed by atoms with Crippen LogP contribution in [0.1, 0.15) is 24.1 Å². The van der Waals surface area contributed by atoms with Gasteiger partial charge in [-0.3, -0.25) is 4.90 Å². The van der Waals surface area contributed by atoms with E-state index in [4.69, 9.17) is 0 Å². The number of nitrogens with zero attached hydrogens (tertiary/aromatic N) is 3. The molecule has 1 aliphatic rings. The molecule has 0 atom stereocenters. The summed E-state index contributed by atoms with van der Waals surface area (Å²) in [6, 6.07) is 12.1. The van der Waals surface area contributed by atoms with Crippen molar-refractivity contribution in [3.8, 4) is 15.5 Å². The van der Waals surface area contributed by atoms with Gasteiger partial charge in [0.05, 0.1) is 10.2 Å². The lowest BCUT2D eigenvalue weighted by Crippen LogP contribution is -2.28. The molecular weight excluding hydrogens is 497 g/mol. The van der Waals surface area contributed by atoms with Gasteiger partial charge < -0.3 is 10.1 Å². The molecule has 5 rings (SSSR count). The molecule has 1 N–H and O–H groups in total. The van der Waals surface area contributed by atoms with E-state index in [1.54, 1.807) is 28.7 Å². The van der Waals surface area contributed by atoms with Crippen LogP contribution in [-0.4, -0.2) is 40.1 Å². The molecule has 11 heteroatoms. The number of rotatable bonds is 6. The summed E-state index contributed by atoms with van der Waals surface area (Å²) in [4.78, 5) is 25.9. The summed E-state index contributed by atoms with van der Waals surface area (Å²) >= 11 is 3.32. The summed E-state index contributed by atoms with van der Waals surface area (Å²) in [5, 5.41) is 3.11. The Morgan fingerprint density at radius 2 is 1.86 bits per heavy atom. The molecule has 1 fully saturated rings.